The highest BCUT2D eigenvalue weighted by molar-refractivity contribution is 9.10. The highest BCUT2D eigenvalue weighted by atomic mass is 79.9. The molecule has 0 unspecified atom stereocenters. The molecule has 14 nitrogen and oxygen atoms in total. The fourth-order valence-corrected chi connectivity index (χ4v) is 6.83. The summed E-state index contributed by atoms with van der Waals surface area (Å²) in [7, 11) is -1.45. The average Bonchev–Trinajstić information content (AvgIpc) is 3.92. The normalized spacial score (nSPS) is 15.6. The van der Waals surface area contributed by atoms with Gasteiger partial charge < -0.3 is 40.8 Å². The highest BCUT2D eigenvalue weighted by Crippen LogP contribution is 2.31. The second kappa shape index (κ2) is 20.2. The molecule has 0 aliphatic carbocycles. The molecule has 2 aliphatic rings. The Balaban J connectivity index is 0.000000164. The third-order valence-electron chi connectivity index (χ3n) is 9.22. The van der Waals surface area contributed by atoms with Crippen LogP contribution in [0.1, 0.15) is 33.6 Å². The van der Waals surface area contributed by atoms with Gasteiger partial charge >= 0.3 is 7.12 Å². The number of carbonyl (C=O) groups is 2. The molecule has 8 rings (SSSR count). The quantitative estimate of drug-likeness (QED) is 0.143. The molecule has 0 spiro atoms. The number of rotatable bonds is 10. The number of carbonyl (C=O) groups excluding carboxylic acids is 2. The van der Waals surface area contributed by atoms with Crippen molar-refractivity contribution in [2.45, 2.75) is 25.0 Å². The number of halogens is 1. The fraction of sp³-hybridized carbons (Fsp3) is 0.190. The topological polar surface area (TPSA) is 203 Å². The van der Waals surface area contributed by atoms with Crippen LogP contribution < -0.4 is 36.3 Å². The molecule has 6 N–H and O–H groups in total. The van der Waals surface area contributed by atoms with Gasteiger partial charge in [-0.15, -0.1) is 0 Å². The molecule has 0 saturated carbocycles. The van der Waals surface area contributed by atoms with Crippen molar-refractivity contribution in [3.8, 4) is 23.0 Å². The standard InChI is InChI=1S/C21H20N4O2.C16H16BrN3O2.C5H6BNO2/c22-21(26)17-13-15(18-5-1-3-10-23-18)7-8-19(17)25-12-9-16(14-25)27-20-6-2-4-11-24-20;17-11-4-5-14(13(9-11)16(18)21)20-8-6-12(10-20)22-15-3-1-2-7-19-15;8-6(9)5-3-1-2-4-7-5/h1-8,10-11,13,16H,9,12,14H2,(H2,22,26);1-5,7,9,12H,6,8,10H2,(H2,18,21);1-4,8-9H/t16-;12-;/m11./s1. The summed E-state index contributed by atoms with van der Waals surface area (Å²) in [6, 6.07) is 33.1. The van der Waals surface area contributed by atoms with Crippen LogP contribution in [0.25, 0.3) is 11.3 Å². The van der Waals surface area contributed by atoms with Crippen molar-refractivity contribution >= 4 is 51.8 Å². The first-order valence-electron chi connectivity index (χ1n) is 18.5. The summed E-state index contributed by atoms with van der Waals surface area (Å²) < 4.78 is 12.7. The fourth-order valence-electron chi connectivity index (χ4n) is 6.47. The number of aromatic nitrogens is 4. The SMILES string of the molecule is NC(=O)c1cc(-c2ccccn2)ccc1N1CC[C@@H](Oc2ccccn2)C1.NC(=O)c1cc(Br)ccc1N1CC[C@@H](Oc2ccccn2)C1.OB(O)c1ccccn1. The van der Waals surface area contributed by atoms with Crippen molar-refractivity contribution in [1.29, 1.82) is 0 Å². The van der Waals surface area contributed by atoms with Crippen molar-refractivity contribution in [3.63, 3.8) is 0 Å². The molecule has 4 aromatic heterocycles. The molecule has 58 heavy (non-hydrogen) atoms. The molecule has 2 aliphatic heterocycles. The third-order valence-corrected chi connectivity index (χ3v) is 9.71. The van der Waals surface area contributed by atoms with Gasteiger partial charge in [-0.1, -0.05) is 46.3 Å². The van der Waals surface area contributed by atoms with Gasteiger partial charge in [-0.2, -0.15) is 0 Å². The number of nitrogens with zero attached hydrogens (tertiary/aromatic N) is 6. The maximum absolute atomic E-state index is 12.1. The number of nitrogens with two attached hydrogens (primary N) is 2. The minimum Gasteiger partial charge on any atom is -0.472 e. The van der Waals surface area contributed by atoms with Gasteiger partial charge in [0.2, 0.25) is 11.8 Å². The lowest BCUT2D eigenvalue weighted by Gasteiger charge is -2.21. The Labute approximate surface area is 344 Å². The number of hydrogen-bond acceptors (Lipinski definition) is 12. The number of amides is 2. The summed E-state index contributed by atoms with van der Waals surface area (Å²) in [5.41, 5.74) is 15.8. The minimum absolute atomic E-state index is 0.0242. The lowest BCUT2D eigenvalue weighted by molar-refractivity contribution is 0.0992. The lowest BCUT2D eigenvalue weighted by Crippen LogP contribution is -2.31. The van der Waals surface area contributed by atoms with E-state index in [0.717, 1.165) is 53.0 Å². The molecule has 2 saturated heterocycles. The Morgan fingerprint density at radius 3 is 1.59 bits per heavy atom. The van der Waals surface area contributed by atoms with Gasteiger partial charge in [-0.05, 0) is 66.7 Å². The van der Waals surface area contributed by atoms with E-state index >= 15 is 0 Å². The van der Waals surface area contributed by atoms with Crippen LogP contribution in [-0.2, 0) is 0 Å². The summed E-state index contributed by atoms with van der Waals surface area (Å²) >= 11 is 3.37. The zero-order valence-corrected chi connectivity index (χ0v) is 33.0. The van der Waals surface area contributed by atoms with Crippen LogP contribution in [0.2, 0.25) is 0 Å². The van der Waals surface area contributed by atoms with Crippen LogP contribution in [0.4, 0.5) is 11.4 Å². The molecule has 6 aromatic rings. The van der Waals surface area contributed by atoms with Gasteiger partial charge in [-0.3, -0.25) is 19.6 Å². The van der Waals surface area contributed by atoms with Gasteiger partial charge in [0.1, 0.15) is 12.2 Å². The summed E-state index contributed by atoms with van der Waals surface area (Å²) in [6.07, 6.45) is 8.48. The predicted octanol–water partition coefficient (Wildman–Crippen LogP) is 4.26. The van der Waals surface area contributed by atoms with Crippen LogP contribution >= 0.6 is 15.9 Å². The van der Waals surface area contributed by atoms with Crippen LogP contribution in [0.15, 0.2) is 138 Å². The van der Waals surface area contributed by atoms with E-state index in [-0.39, 0.29) is 17.8 Å². The van der Waals surface area contributed by atoms with Gasteiger partial charge in [0, 0.05) is 84.3 Å². The second-order valence-corrected chi connectivity index (χ2v) is 14.2. The zero-order valence-electron chi connectivity index (χ0n) is 31.4. The van der Waals surface area contributed by atoms with Gasteiger partial charge in [0.25, 0.3) is 11.8 Å². The van der Waals surface area contributed by atoms with Crippen LogP contribution in [0, 0.1) is 0 Å². The maximum Gasteiger partial charge on any atom is 0.508 e. The summed E-state index contributed by atoms with van der Waals surface area (Å²) in [5, 5.41) is 17.0. The number of ether oxygens (including phenoxy) is 2. The van der Waals surface area contributed by atoms with Crippen LogP contribution in [-0.4, -0.2) is 87.3 Å². The molecule has 0 bridgehead atoms. The Bertz CT molecular complexity index is 2250. The first-order valence-corrected chi connectivity index (χ1v) is 19.3. The molecule has 2 amide bonds. The Morgan fingerprint density at radius 1 is 0.638 bits per heavy atom. The number of primary amides is 2. The first-order chi connectivity index (χ1) is 28.1. The van der Waals surface area contributed by atoms with E-state index in [1.807, 2.05) is 84.9 Å². The molecule has 16 heteroatoms. The molecule has 2 fully saturated rings. The molecule has 2 atom stereocenters. The minimum atomic E-state index is -1.45. The van der Waals surface area contributed by atoms with Crippen LogP contribution in [0.5, 0.6) is 11.8 Å². The Hall–Kier alpha value is -6.36. The predicted molar refractivity (Wildman–Crippen MR) is 226 cm³/mol. The van der Waals surface area contributed by atoms with Gasteiger partial charge in [0.05, 0.1) is 35.5 Å². The summed E-state index contributed by atoms with van der Waals surface area (Å²) in [6.45, 7) is 3.00. The van der Waals surface area contributed by atoms with E-state index in [0.29, 0.717) is 36.0 Å². The van der Waals surface area contributed by atoms with E-state index in [1.54, 1.807) is 42.9 Å². The number of hydrogen-bond donors (Lipinski definition) is 4. The largest absolute Gasteiger partial charge is 0.508 e. The molecule has 2 aromatic carbocycles. The Kier molecular flexibility index (Phi) is 14.4. The number of benzene rings is 2. The van der Waals surface area contributed by atoms with E-state index < -0.39 is 18.9 Å². The third kappa shape index (κ3) is 11.4. The van der Waals surface area contributed by atoms with E-state index in [1.165, 1.54) is 6.20 Å². The summed E-state index contributed by atoms with van der Waals surface area (Å²) in [5.74, 6) is 0.368. The number of anilines is 2. The summed E-state index contributed by atoms with van der Waals surface area (Å²) in [4.78, 5) is 44.4. The first kappa shape index (κ1) is 41.3. The molecule has 0 radical (unpaired) electrons. The monoisotopic (exact) mass is 844 g/mol. The second-order valence-electron chi connectivity index (χ2n) is 13.3. The van der Waals surface area contributed by atoms with E-state index in [4.69, 9.17) is 31.0 Å². The van der Waals surface area contributed by atoms with Crippen molar-refractivity contribution in [3.05, 3.63) is 150 Å². The van der Waals surface area contributed by atoms with Crippen LogP contribution in [0.3, 0.4) is 0 Å². The number of pyridine rings is 4. The molecular formula is C42H42BBrN8O6. The van der Waals surface area contributed by atoms with Crippen molar-refractivity contribution < 1.29 is 29.1 Å². The molecular weight excluding hydrogens is 803 g/mol. The van der Waals surface area contributed by atoms with E-state index in [9.17, 15) is 9.59 Å². The van der Waals surface area contributed by atoms with Crippen molar-refractivity contribution in [1.82, 2.24) is 19.9 Å². The van der Waals surface area contributed by atoms with Gasteiger partial charge in [0.15, 0.2) is 0 Å². The van der Waals surface area contributed by atoms with Crippen molar-refractivity contribution in [2.24, 2.45) is 11.5 Å². The average molecular weight is 846 g/mol. The molecule has 296 valence electrons. The maximum atomic E-state index is 12.1. The lowest BCUT2D eigenvalue weighted by atomic mass is 9.86. The highest BCUT2D eigenvalue weighted by Gasteiger charge is 2.28. The molecule has 6 heterocycles. The van der Waals surface area contributed by atoms with Crippen molar-refractivity contribution in [2.75, 3.05) is 36.0 Å². The smallest absolute Gasteiger partial charge is 0.472 e. The zero-order chi connectivity index (χ0) is 40.9. The van der Waals surface area contributed by atoms with Gasteiger partial charge in [-0.25, -0.2) is 9.97 Å². The van der Waals surface area contributed by atoms with E-state index in [2.05, 4.69) is 45.7 Å². The Morgan fingerprint density at radius 2 is 1.14 bits per heavy atom.